The van der Waals surface area contributed by atoms with Crippen molar-refractivity contribution in [2.24, 2.45) is 0 Å². The molecule has 0 aliphatic rings. The van der Waals surface area contributed by atoms with Gasteiger partial charge in [-0.15, -0.1) is 0 Å². The minimum Gasteiger partial charge on any atom is -0.460 e. The van der Waals surface area contributed by atoms with Crippen LogP contribution in [-0.2, 0) is 38.0 Å². The van der Waals surface area contributed by atoms with Gasteiger partial charge < -0.3 is 28.4 Å². The minimum absolute atomic E-state index is 0.1000. The van der Waals surface area contributed by atoms with Crippen LogP contribution in [0.15, 0.2) is 25.3 Å². The van der Waals surface area contributed by atoms with Crippen LogP contribution in [0.2, 0.25) is 0 Å². The lowest BCUT2D eigenvalue weighted by Gasteiger charge is -2.31. The molecule has 0 fully saturated rings. The molecule has 0 rings (SSSR count). The number of carbonyl (C=O) groups excluding carboxylic acids is 2. The molecule has 0 bridgehead atoms. The van der Waals surface area contributed by atoms with E-state index in [4.69, 9.17) is 28.4 Å². The SMILES string of the molecule is C=CC(=O)OCCOC(C)OC(C)(C)OC(C)OCCOC(=O)C=C. The van der Waals surface area contributed by atoms with Gasteiger partial charge in [-0.1, -0.05) is 13.2 Å². The summed E-state index contributed by atoms with van der Waals surface area (Å²) in [6.45, 7) is 14.0. The second-order valence-corrected chi connectivity index (χ2v) is 5.26. The fraction of sp³-hybridized carbons (Fsp3) is 0.647. The van der Waals surface area contributed by atoms with Crippen LogP contribution in [0.3, 0.4) is 0 Å². The summed E-state index contributed by atoms with van der Waals surface area (Å²) in [5, 5.41) is 0. The summed E-state index contributed by atoms with van der Waals surface area (Å²) in [7, 11) is 0. The molecule has 144 valence electrons. The highest BCUT2D eigenvalue weighted by Crippen LogP contribution is 2.17. The van der Waals surface area contributed by atoms with Gasteiger partial charge in [0.25, 0.3) is 0 Å². The largest absolute Gasteiger partial charge is 0.460 e. The van der Waals surface area contributed by atoms with Crippen molar-refractivity contribution < 1.29 is 38.0 Å². The molecular weight excluding hydrogens is 332 g/mol. The molecule has 2 unspecified atom stereocenters. The van der Waals surface area contributed by atoms with E-state index in [1.165, 1.54) is 0 Å². The number of rotatable bonds is 14. The predicted molar refractivity (Wildman–Crippen MR) is 89.4 cm³/mol. The molecule has 0 aromatic carbocycles. The van der Waals surface area contributed by atoms with Crippen molar-refractivity contribution in [3.8, 4) is 0 Å². The third-order valence-electron chi connectivity index (χ3n) is 2.59. The highest BCUT2D eigenvalue weighted by atomic mass is 16.8. The zero-order valence-electron chi connectivity index (χ0n) is 15.3. The van der Waals surface area contributed by atoms with Gasteiger partial charge in [0.2, 0.25) is 0 Å². The van der Waals surface area contributed by atoms with E-state index in [1.54, 1.807) is 27.7 Å². The molecule has 0 amide bonds. The van der Waals surface area contributed by atoms with E-state index in [0.29, 0.717) is 0 Å². The van der Waals surface area contributed by atoms with Crippen LogP contribution in [0.5, 0.6) is 0 Å². The van der Waals surface area contributed by atoms with Crippen molar-refractivity contribution in [3.05, 3.63) is 25.3 Å². The molecule has 2 atom stereocenters. The molecule has 0 radical (unpaired) electrons. The van der Waals surface area contributed by atoms with Gasteiger partial charge in [-0.05, 0) is 27.7 Å². The highest BCUT2D eigenvalue weighted by Gasteiger charge is 2.25. The molecule has 0 aromatic heterocycles. The van der Waals surface area contributed by atoms with Crippen LogP contribution in [0.1, 0.15) is 27.7 Å². The quantitative estimate of drug-likeness (QED) is 0.201. The predicted octanol–water partition coefficient (Wildman–Crippen LogP) is 1.94. The molecule has 0 aliphatic carbocycles. The van der Waals surface area contributed by atoms with E-state index in [1.807, 2.05) is 0 Å². The molecule has 0 aromatic rings. The molecule has 0 N–H and O–H groups in total. The Morgan fingerprint density at radius 1 is 0.840 bits per heavy atom. The van der Waals surface area contributed by atoms with Crippen LogP contribution in [0, 0.1) is 0 Å². The zero-order chi connectivity index (χ0) is 19.3. The zero-order valence-corrected chi connectivity index (χ0v) is 15.3. The highest BCUT2D eigenvalue weighted by molar-refractivity contribution is 5.81. The molecule has 0 saturated carbocycles. The van der Waals surface area contributed by atoms with Gasteiger partial charge in [-0.3, -0.25) is 0 Å². The van der Waals surface area contributed by atoms with Crippen molar-refractivity contribution in [3.63, 3.8) is 0 Å². The van der Waals surface area contributed by atoms with Crippen molar-refractivity contribution in [1.82, 2.24) is 0 Å². The van der Waals surface area contributed by atoms with Gasteiger partial charge in [0.05, 0.1) is 13.2 Å². The van der Waals surface area contributed by atoms with Crippen LogP contribution in [0.4, 0.5) is 0 Å². The summed E-state index contributed by atoms with van der Waals surface area (Å²) >= 11 is 0. The average molecular weight is 360 g/mol. The van der Waals surface area contributed by atoms with Crippen LogP contribution < -0.4 is 0 Å². The Kier molecular flexibility index (Phi) is 11.7. The normalized spacial score (nSPS) is 13.6. The van der Waals surface area contributed by atoms with E-state index in [2.05, 4.69) is 13.2 Å². The maximum absolute atomic E-state index is 10.9. The summed E-state index contributed by atoms with van der Waals surface area (Å²) < 4.78 is 31.6. The second-order valence-electron chi connectivity index (χ2n) is 5.26. The Labute approximate surface area is 148 Å². The van der Waals surface area contributed by atoms with Crippen LogP contribution in [-0.4, -0.2) is 56.7 Å². The van der Waals surface area contributed by atoms with E-state index in [0.717, 1.165) is 12.2 Å². The number of carbonyl (C=O) groups is 2. The first-order chi connectivity index (χ1) is 11.7. The van der Waals surface area contributed by atoms with Gasteiger partial charge >= 0.3 is 11.9 Å². The average Bonchev–Trinajstić information content (AvgIpc) is 2.53. The standard InChI is InChI=1S/C17H28O8/c1-7-15(18)22-11-9-20-13(3)24-17(5,6)25-14(4)21-10-12-23-16(19)8-2/h7-8,13-14H,1-2,9-12H2,3-6H3. The van der Waals surface area contributed by atoms with E-state index < -0.39 is 30.3 Å². The lowest BCUT2D eigenvalue weighted by atomic mass is 10.4. The Bertz CT molecular complexity index is 394. The fourth-order valence-corrected chi connectivity index (χ4v) is 1.73. The number of hydrogen-bond acceptors (Lipinski definition) is 8. The summed E-state index contributed by atoms with van der Waals surface area (Å²) in [6, 6.07) is 0. The Morgan fingerprint density at radius 3 is 1.52 bits per heavy atom. The van der Waals surface area contributed by atoms with E-state index in [-0.39, 0.29) is 26.4 Å². The van der Waals surface area contributed by atoms with E-state index in [9.17, 15) is 9.59 Å². The first kappa shape index (κ1) is 23.3. The van der Waals surface area contributed by atoms with Crippen LogP contribution >= 0.6 is 0 Å². The van der Waals surface area contributed by atoms with Gasteiger partial charge in [-0.2, -0.15) is 0 Å². The van der Waals surface area contributed by atoms with Crippen molar-refractivity contribution in [2.75, 3.05) is 26.4 Å². The number of esters is 2. The smallest absolute Gasteiger partial charge is 0.330 e. The first-order valence-corrected chi connectivity index (χ1v) is 7.87. The third kappa shape index (κ3) is 13.2. The lowest BCUT2D eigenvalue weighted by Crippen LogP contribution is -2.37. The molecule has 0 heterocycles. The fourth-order valence-electron chi connectivity index (χ4n) is 1.73. The van der Waals surface area contributed by atoms with Gasteiger partial charge in [0, 0.05) is 12.2 Å². The molecule has 0 saturated heterocycles. The maximum Gasteiger partial charge on any atom is 0.330 e. The summed E-state index contributed by atoms with van der Waals surface area (Å²) in [5.74, 6) is -2.00. The monoisotopic (exact) mass is 360 g/mol. The molecule has 8 nitrogen and oxygen atoms in total. The maximum atomic E-state index is 10.9. The van der Waals surface area contributed by atoms with Gasteiger partial charge in [-0.25, -0.2) is 9.59 Å². The Balaban J connectivity index is 3.96. The van der Waals surface area contributed by atoms with Crippen molar-refractivity contribution in [2.45, 2.75) is 46.1 Å². The first-order valence-electron chi connectivity index (χ1n) is 7.87. The van der Waals surface area contributed by atoms with Gasteiger partial charge in [0.15, 0.2) is 18.4 Å². The summed E-state index contributed by atoms with van der Waals surface area (Å²) in [4.78, 5) is 21.8. The summed E-state index contributed by atoms with van der Waals surface area (Å²) in [6.07, 6.45) is 0.990. The molecular formula is C17H28O8. The van der Waals surface area contributed by atoms with Crippen molar-refractivity contribution in [1.29, 1.82) is 0 Å². The summed E-state index contributed by atoms with van der Waals surface area (Å²) in [5.41, 5.74) is 0. The Morgan fingerprint density at radius 2 is 1.20 bits per heavy atom. The number of ether oxygens (including phenoxy) is 6. The van der Waals surface area contributed by atoms with E-state index >= 15 is 0 Å². The minimum atomic E-state index is -0.978. The van der Waals surface area contributed by atoms with Crippen molar-refractivity contribution >= 4 is 11.9 Å². The molecule has 25 heavy (non-hydrogen) atoms. The van der Waals surface area contributed by atoms with Crippen LogP contribution in [0.25, 0.3) is 0 Å². The lowest BCUT2D eigenvalue weighted by molar-refractivity contribution is -0.332. The third-order valence-corrected chi connectivity index (χ3v) is 2.59. The molecule has 0 spiro atoms. The molecule has 0 aliphatic heterocycles. The number of hydrogen-bond donors (Lipinski definition) is 0. The topological polar surface area (TPSA) is 89.5 Å². The Hall–Kier alpha value is -1.74. The molecule has 8 heteroatoms. The second kappa shape index (κ2) is 12.6. The van der Waals surface area contributed by atoms with Gasteiger partial charge in [0.1, 0.15) is 13.2 Å².